The summed E-state index contributed by atoms with van der Waals surface area (Å²) in [6, 6.07) is 16.0. The first-order valence-corrected chi connectivity index (χ1v) is 11.4. The van der Waals surface area contributed by atoms with Gasteiger partial charge >= 0.3 is 5.97 Å². The normalized spacial score (nSPS) is 10.9. The molecule has 0 aliphatic rings. The molecule has 0 atom stereocenters. The number of hydrogen-bond donors (Lipinski definition) is 1. The lowest BCUT2D eigenvalue weighted by atomic mass is 10.1. The van der Waals surface area contributed by atoms with Crippen LogP contribution >= 0.6 is 46.4 Å². The Morgan fingerprint density at radius 3 is 2.17 bits per heavy atom. The number of nitrogens with one attached hydrogen (secondary N) is 1. The third-order valence-electron chi connectivity index (χ3n) is 4.63. The molecule has 0 unspecified atom stereocenters. The summed E-state index contributed by atoms with van der Waals surface area (Å²) >= 11 is 24.6. The number of methoxy groups -OCH3 is 1. The van der Waals surface area contributed by atoms with Crippen LogP contribution in [0.3, 0.4) is 0 Å². The van der Waals surface area contributed by atoms with Crippen LogP contribution in [0.4, 0.5) is 5.69 Å². The SMILES string of the molecule is COC(=O)c1ccc(NC(=O)/C(C#N)=C/c2cc(Cl)c(OCc3ccc(Cl)c(Cl)c3)c(Cl)c2)cc1. The van der Waals surface area contributed by atoms with E-state index in [1.165, 1.54) is 49.6 Å². The van der Waals surface area contributed by atoms with Gasteiger partial charge in [-0.3, -0.25) is 4.79 Å². The summed E-state index contributed by atoms with van der Waals surface area (Å²) < 4.78 is 10.4. The molecule has 0 bridgehead atoms. The van der Waals surface area contributed by atoms with Crippen LogP contribution in [-0.2, 0) is 16.1 Å². The highest BCUT2D eigenvalue weighted by Crippen LogP contribution is 2.36. The van der Waals surface area contributed by atoms with Crippen molar-refractivity contribution >= 4 is 70.0 Å². The second kappa shape index (κ2) is 12.0. The highest BCUT2D eigenvalue weighted by Gasteiger charge is 2.14. The molecular formula is C25H16Cl4N2O4. The largest absolute Gasteiger partial charge is 0.486 e. The lowest BCUT2D eigenvalue weighted by molar-refractivity contribution is -0.112. The predicted octanol–water partition coefficient (Wildman–Crippen LogP) is 7.21. The molecule has 0 aliphatic carbocycles. The van der Waals surface area contributed by atoms with Crippen LogP contribution in [0.5, 0.6) is 5.75 Å². The van der Waals surface area contributed by atoms with Crippen LogP contribution in [0, 0.1) is 11.3 Å². The molecule has 3 rings (SSSR count). The monoisotopic (exact) mass is 548 g/mol. The van der Waals surface area contributed by atoms with Crippen molar-refractivity contribution in [1.82, 2.24) is 0 Å². The van der Waals surface area contributed by atoms with Gasteiger partial charge in [0.15, 0.2) is 5.75 Å². The van der Waals surface area contributed by atoms with E-state index in [9.17, 15) is 14.9 Å². The molecule has 178 valence electrons. The minimum absolute atomic E-state index is 0.145. The predicted molar refractivity (Wildman–Crippen MR) is 137 cm³/mol. The number of nitrogens with zero attached hydrogens (tertiary/aromatic N) is 1. The van der Waals surface area contributed by atoms with Crippen LogP contribution in [0.15, 0.2) is 60.2 Å². The second-order valence-corrected chi connectivity index (χ2v) is 8.67. The molecule has 0 aliphatic heterocycles. The van der Waals surface area contributed by atoms with Crippen molar-refractivity contribution in [2.45, 2.75) is 6.61 Å². The maximum atomic E-state index is 12.6. The fourth-order valence-corrected chi connectivity index (χ4v) is 3.84. The number of esters is 1. The highest BCUT2D eigenvalue weighted by atomic mass is 35.5. The van der Waals surface area contributed by atoms with Gasteiger partial charge in [0.25, 0.3) is 5.91 Å². The van der Waals surface area contributed by atoms with Gasteiger partial charge in [0.1, 0.15) is 18.2 Å². The van der Waals surface area contributed by atoms with Crippen LogP contribution in [0.25, 0.3) is 6.08 Å². The zero-order valence-corrected chi connectivity index (χ0v) is 21.1. The van der Waals surface area contributed by atoms with Gasteiger partial charge in [-0.25, -0.2) is 4.79 Å². The van der Waals surface area contributed by atoms with Crippen molar-refractivity contribution in [3.63, 3.8) is 0 Å². The molecule has 10 heteroatoms. The Kier molecular flexibility index (Phi) is 9.02. The number of halogens is 4. The fraction of sp³-hybridized carbons (Fsp3) is 0.0800. The molecule has 0 saturated carbocycles. The average Bonchev–Trinajstić information content (AvgIpc) is 2.84. The highest BCUT2D eigenvalue weighted by molar-refractivity contribution is 6.42. The van der Waals surface area contributed by atoms with Gasteiger partial charge in [-0.1, -0.05) is 52.5 Å². The number of carbonyl (C=O) groups is 2. The Balaban J connectivity index is 1.74. The number of nitriles is 1. The van der Waals surface area contributed by atoms with Crippen LogP contribution in [0.2, 0.25) is 20.1 Å². The van der Waals surface area contributed by atoms with Gasteiger partial charge in [-0.05, 0) is 65.7 Å². The first-order valence-electron chi connectivity index (χ1n) is 9.89. The molecule has 0 fully saturated rings. The second-order valence-electron chi connectivity index (χ2n) is 7.04. The average molecular weight is 550 g/mol. The third kappa shape index (κ3) is 6.91. The number of amides is 1. The lowest BCUT2D eigenvalue weighted by Gasteiger charge is -2.12. The van der Waals surface area contributed by atoms with E-state index in [1.54, 1.807) is 18.2 Å². The molecule has 1 amide bonds. The first kappa shape index (κ1) is 26.4. The number of hydrogen-bond acceptors (Lipinski definition) is 5. The summed E-state index contributed by atoms with van der Waals surface area (Å²) in [4.78, 5) is 24.1. The summed E-state index contributed by atoms with van der Waals surface area (Å²) in [7, 11) is 1.27. The van der Waals surface area contributed by atoms with E-state index in [0.29, 0.717) is 26.9 Å². The van der Waals surface area contributed by atoms with Crippen molar-refractivity contribution < 1.29 is 19.1 Å². The van der Waals surface area contributed by atoms with Crippen LogP contribution in [-0.4, -0.2) is 19.0 Å². The zero-order chi connectivity index (χ0) is 25.5. The summed E-state index contributed by atoms with van der Waals surface area (Å²) in [6.07, 6.45) is 1.35. The van der Waals surface area contributed by atoms with E-state index in [2.05, 4.69) is 10.1 Å². The molecule has 1 N–H and O–H groups in total. The summed E-state index contributed by atoms with van der Waals surface area (Å²) in [5, 5.41) is 13.3. The van der Waals surface area contributed by atoms with E-state index in [4.69, 9.17) is 51.1 Å². The quantitative estimate of drug-likeness (QED) is 0.191. The maximum absolute atomic E-state index is 12.6. The standard InChI is InChI=1S/C25H16Cl4N2O4/c1-34-25(33)16-3-5-18(6-4-16)31-24(32)17(12-30)8-15-10-21(28)23(22(29)11-15)35-13-14-2-7-19(26)20(27)9-14/h2-11H,13H2,1H3,(H,31,32)/b17-8+. The Morgan fingerprint density at radius 1 is 0.943 bits per heavy atom. The van der Waals surface area contributed by atoms with Crippen molar-refractivity contribution in [1.29, 1.82) is 5.26 Å². The van der Waals surface area contributed by atoms with Gasteiger partial charge < -0.3 is 14.8 Å². The molecule has 6 nitrogen and oxygen atoms in total. The molecule has 35 heavy (non-hydrogen) atoms. The molecule has 0 aromatic heterocycles. The molecular weight excluding hydrogens is 534 g/mol. The fourth-order valence-electron chi connectivity index (χ4n) is 2.91. The molecule has 3 aromatic rings. The van der Waals surface area contributed by atoms with E-state index in [1.807, 2.05) is 6.07 Å². The Morgan fingerprint density at radius 2 is 1.60 bits per heavy atom. The Bertz CT molecular complexity index is 1330. The molecule has 0 heterocycles. The van der Waals surface area contributed by atoms with Crippen LogP contribution < -0.4 is 10.1 Å². The Labute approximate surface area is 221 Å². The van der Waals surface area contributed by atoms with E-state index >= 15 is 0 Å². The molecule has 3 aromatic carbocycles. The zero-order valence-electron chi connectivity index (χ0n) is 18.1. The van der Waals surface area contributed by atoms with Crippen molar-refractivity contribution in [3.05, 3.63) is 97.0 Å². The number of benzene rings is 3. The van der Waals surface area contributed by atoms with Gasteiger partial charge in [-0.15, -0.1) is 0 Å². The smallest absolute Gasteiger partial charge is 0.337 e. The van der Waals surface area contributed by atoms with Gasteiger partial charge in [0.2, 0.25) is 0 Å². The Hall–Kier alpha value is -3.21. The summed E-state index contributed by atoms with van der Waals surface area (Å²) in [5.41, 5.74) is 1.73. The number of rotatable bonds is 7. The number of anilines is 1. The lowest BCUT2D eigenvalue weighted by Crippen LogP contribution is -2.13. The molecule has 0 saturated heterocycles. The van der Waals surface area contributed by atoms with Crippen molar-refractivity contribution in [3.8, 4) is 11.8 Å². The van der Waals surface area contributed by atoms with E-state index in [0.717, 1.165) is 5.56 Å². The van der Waals surface area contributed by atoms with Gasteiger partial charge in [-0.2, -0.15) is 5.26 Å². The topological polar surface area (TPSA) is 88.4 Å². The van der Waals surface area contributed by atoms with Crippen molar-refractivity contribution in [2.75, 3.05) is 12.4 Å². The molecule has 0 radical (unpaired) electrons. The first-order chi connectivity index (χ1) is 16.7. The number of ether oxygens (including phenoxy) is 2. The minimum atomic E-state index is -0.648. The van der Waals surface area contributed by atoms with Crippen molar-refractivity contribution in [2.24, 2.45) is 0 Å². The maximum Gasteiger partial charge on any atom is 0.337 e. The summed E-state index contributed by atoms with van der Waals surface area (Å²) in [6.45, 7) is 0.145. The van der Waals surface area contributed by atoms with Crippen LogP contribution in [0.1, 0.15) is 21.5 Å². The minimum Gasteiger partial charge on any atom is -0.486 e. The van der Waals surface area contributed by atoms with Gasteiger partial charge in [0.05, 0.1) is 32.8 Å². The summed E-state index contributed by atoms with van der Waals surface area (Å²) in [5.74, 6) is -0.908. The van der Waals surface area contributed by atoms with E-state index < -0.39 is 11.9 Å². The van der Waals surface area contributed by atoms with Gasteiger partial charge in [0, 0.05) is 5.69 Å². The third-order valence-corrected chi connectivity index (χ3v) is 5.93. The van der Waals surface area contributed by atoms with E-state index in [-0.39, 0.29) is 28.0 Å². The molecule has 0 spiro atoms. The number of carbonyl (C=O) groups excluding carboxylic acids is 2.